The zero-order chi connectivity index (χ0) is 15.6. The van der Waals surface area contributed by atoms with Crippen molar-refractivity contribution in [1.82, 2.24) is 19.9 Å². The van der Waals surface area contributed by atoms with Crippen LogP contribution in [0, 0.1) is 0 Å². The summed E-state index contributed by atoms with van der Waals surface area (Å²) in [4.78, 5) is 14.7. The first-order valence-electron chi connectivity index (χ1n) is 6.14. The van der Waals surface area contributed by atoms with Gasteiger partial charge in [-0.15, -0.1) is 0 Å². The maximum atomic E-state index is 12.6. The Bertz CT molecular complexity index is 824. The highest BCUT2D eigenvalue weighted by molar-refractivity contribution is 5.84. The van der Waals surface area contributed by atoms with E-state index in [1.54, 1.807) is 0 Å². The molecule has 0 bridgehead atoms. The molecule has 0 aliphatic rings. The Balaban J connectivity index is 1.79. The molecule has 0 atom stereocenters. The average Bonchev–Trinajstić information content (AvgIpc) is 2.96. The first-order chi connectivity index (χ1) is 10.5. The van der Waals surface area contributed by atoms with E-state index in [0.29, 0.717) is 22.5 Å². The maximum Gasteiger partial charge on any atom is 0.416 e. The van der Waals surface area contributed by atoms with Crippen LogP contribution < -0.4 is 5.43 Å². The van der Waals surface area contributed by atoms with Crippen molar-refractivity contribution >= 4 is 23.2 Å². The van der Waals surface area contributed by atoms with E-state index >= 15 is 0 Å². The highest BCUT2D eigenvalue weighted by Crippen LogP contribution is 2.29. The molecule has 1 aromatic carbocycles. The average molecular weight is 306 g/mol. The van der Waals surface area contributed by atoms with Crippen molar-refractivity contribution in [2.24, 2.45) is 5.10 Å². The van der Waals surface area contributed by atoms with Gasteiger partial charge in [0, 0.05) is 0 Å². The number of anilines is 1. The van der Waals surface area contributed by atoms with Gasteiger partial charge in [-0.3, -0.25) is 5.43 Å². The van der Waals surface area contributed by atoms with Gasteiger partial charge in [0.05, 0.1) is 18.1 Å². The minimum absolute atomic E-state index is 0.317. The second kappa shape index (κ2) is 5.43. The minimum Gasteiger partial charge on any atom is -0.340 e. The molecule has 2 N–H and O–H groups in total. The minimum atomic E-state index is -4.38. The number of nitrogens with zero attached hydrogens (tertiary/aromatic N) is 4. The molecule has 0 radical (unpaired) electrons. The van der Waals surface area contributed by atoms with Crippen molar-refractivity contribution in [1.29, 1.82) is 0 Å². The summed E-state index contributed by atoms with van der Waals surface area (Å²) in [6.45, 7) is 0. The largest absolute Gasteiger partial charge is 0.416 e. The van der Waals surface area contributed by atoms with Crippen LogP contribution in [0.5, 0.6) is 0 Å². The van der Waals surface area contributed by atoms with Gasteiger partial charge in [0.1, 0.15) is 11.8 Å². The number of fused-ring (bicyclic) bond motifs is 1. The molecule has 3 aromatic rings. The Morgan fingerprint density at radius 1 is 1.18 bits per heavy atom. The number of aromatic nitrogens is 4. The smallest absolute Gasteiger partial charge is 0.340 e. The van der Waals surface area contributed by atoms with E-state index in [1.165, 1.54) is 31.0 Å². The number of hydrogen-bond donors (Lipinski definition) is 2. The molecule has 6 nitrogen and oxygen atoms in total. The summed E-state index contributed by atoms with van der Waals surface area (Å²) in [5.74, 6) is 0.380. The molecule has 0 saturated carbocycles. The third kappa shape index (κ3) is 2.87. The fourth-order valence-electron chi connectivity index (χ4n) is 1.81. The summed E-state index contributed by atoms with van der Waals surface area (Å²) in [6.07, 6.45) is -0.335. The number of rotatable bonds is 3. The lowest BCUT2D eigenvalue weighted by Gasteiger charge is -2.06. The van der Waals surface area contributed by atoms with Crippen molar-refractivity contribution in [3.05, 3.63) is 48.0 Å². The molecule has 0 saturated heterocycles. The fourth-order valence-corrected chi connectivity index (χ4v) is 1.81. The number of nitrogens with one attached hydrogen (secondary N) is 2. The Morgan fingerprint density at radius 3 is 2.86 bits per heavy atom. The summed E-state index contributed by atoms with van der Waals surface area (Å²) < 4.78 is 37.8. The predicted molar refractivity (Wildman–Crippen MR) is 74.3 cm³/mol. The first-order valence-corrected chi connectivity index (χ1v) is 6.14. The number of aromatic amines is 1. The molecule has 0 amide bonds. The van der Waals surface area contributed by atoms with Gasteiger partial charge in [-0.05, 0) is 17.7 Å². The zero-order valence-corrected chi connectivity index (χ0v) is 11.0. The normalized spacial score (nSPS) is 12.1. The number of benzene rings is 1. The van der Waals surface area contributed by atoms with Crippen molar-refractivity contribution in [3.63, 3.8) is 0 Å². The van der Waals surface area contributed by atoms with E-state index < -0.39 is 11.7 Å². The monoisotopic (exact) mass is 306 g/mol. The highest BCUT2D eigenvalue weighted by atomic mass is 19.4. The zero-order valence-electron chi connectivity index (χ0n) is 11.0. The van der Waals surface area contributed by atoms with Gasteiger partial charge < -0.3 is 4.98 Å². The van der Waals surface area contributed by atoms with Crippen LogP contribution >= 0.6 is 0 Å². The molecule has 0 unspecified atom stereocenters. The van der Waals surface area contributed by atoms with E-state index in [1.807, 2.05) is 0 Å². The number of imidazole rings is 1. The predicted octanol–water partition coefficient (Wildman–Crippen LogP) is 2.82. The summed E-state index contributed by atoms with van der Waals surface area (Å²) in [6, 6.07) is 4.86. The van der Waals surface area contributed by atoms with Crippen molar-refractivity contribution < 1.29 is 13.2 Å². The van der Waals surface area contributed by atoms with Crippen LogP contribution in [-0.2, 0) is 6.18 Å². The van der Waals surface area contributed by atoms with Gasteiger partial charge in [0.2, 0.25) is 0 Å². The molecule has 0 fully saturated rings. The summed E-state index contributed by atoms with van der Waals surface area (Å²) in [7, 11) is 0. The molecule has 22 heavy (non-hydrogen) atoms. The molecular weight excluding hydrogens is 297 g/mol. The van der Waals surface area contributed by atoms with Crippen LogP contribution in [0.15, 0.2) is 42.0 Å². The lowest BCUT2D eigenvalue weighted by atomic mass is 10.1. The third-order valence-electron chi connectivity index (χ3n) is 2.82. The fraction of sp³-hybridized carbons (Fsp3) is 0.0769. The maximum absolute atomic E-state index is 12.6. The molecule has 3 rings (SSSR count). The first kappa shape index (κ1) is 14.0. The number of halogens is 3. The topological polar surface area (TPSA) is 78.8 Å². The van der Waals surface area contributed by atoms with Gasteiger partial charge >= 0.3 is 6.18 Å². The Hall–Kier alpha value is -2.97. The van der Waals surface area contributed by atoms with Crippen LogP contribution in [0.1, 0.15) is 11.1 Å². The Morgan fingerprint density at radius 2 is 2.05 bits per heavy atom. The SMILES string of the molecule is FC(F)(F)c1cccc(/C=N/Nc2ncnc3nc[nH]c23)c1. The van der Waals surface area contributed by atoms with Crippen LogP contribution in [0.3, 0.4) is 0 Å². The highest BCUT2D eigenvalue weighted by Gasteiger charge is 2.30. The van der Waals surface area contributed by atoms with E-state index in [0.717, 1.165) is 12.1 Å². The van der Waals surface area contributed by atoms with Crippen LogP contribution in [0.25, 0.3) is 11.2 Å². The molecule has 112 valence electrons. The van der Waals surface area contributed by atoms with E-state index in [4.69, 9.17) is 0 Å². The summed E-state index contributed by atoms with van der Waals surface area (Å²) in [5.41, 5.74) is 3.26. The van der Waals surface area contributed by atoms with Crippen molar-refractivity contribution in [2.75, 3.05) is 5.43 Å². The quantitative estimate of drug-likeness (QED) is 0.576. The second-order valence-electron chi connectivity index (χ2n) is 4.32. The number of hydrazone groups is 1. The molecule has 0 aliphatic heterocycles. The van der Waals surface area contributed by atoms with E-state index in [-0.39, 0.29) is 0 Å². The molecule has 2 aromatic heterocycles. The number of hydrogen-bond acceptors (Lipinski definition) is 5. The molecule has 9 heteroatoms. The van der Waals surface area contributed by atoms with E-state index in [9.17, 15) is 13.2 Å². The summed E-state index contributed by atoms with van der Waals surface area (Å²) >= 11 is 0. The molecule has 0 aliphatic carbocycles. The molecular formula is C13H9F3N6. The van der Waals surface area contributed by atoms with Gasteiger partial charge in [-0.1, -0.05) is 12.1 Å². The Kier molecular flexibility index (Phi) is 3.45. The van der Waals surface area contributed by atoms with Gasteiger partial charge in [0.15, 0.2) is 11.5 Å². The lowest BCUT2D eigenvalue weighted by molar-refractivity contribution is -0.137. The van der Waals surface area contributed by atoms with Gasteiger partial charge in [0.25, 0.3) is 0 Å². The lowest BCUT2D eigenvalue weighted by Crippen LogP contribution is -2.05. The standard InChI is InChI=1S/C13H9F3N6/c14-13(15,16)9-3-1-2-8(4-9)5-21-22-12-10-11(18-6-17-10)19-7-20-12/h1-7H,(H2,17,18,19,20,22)/b21-5+. The van der Waals surface area contributed by atoms with Gasteiger partial charge in [-0.25, -0.2) is 15.0 Å². The Labute approximate surface area is 122 Å². The molecule has 0 spiro atoms. The van der Waals surface area contributed by atoms with E-state index in [2.05, 4.69) is 30.5 Å². The van der Waals surface area contributed by atoms with Crippen molar-refractivity contribution in [3.8, 4) is 0 Å². The summed E-state index contributed by atoms with van der Waals surface area (Å²) in [5, 5.41) is 3.88. The van der Waals surface area contributed by atoms with Crippen LogP contribution in [0.4, 0.5) is 19.0 Å². The van der Waals surface area contributed by atoms with Crippen LogP contribution in [-0.4, -0.2) is 26.2 Å². The number of H-pyrrole nitrogens is 1. The molecule has 2 heterocycles. The van der Waals surface area contributed by atoms with Gasteiger partial charge in [-0.2, -0.15) is 18.3 Å². The van der Waals surface area contributed by atoms with Crippen LogP contribution in [0.2, 0.25) is 0 Å². The van der Waals surface area contributed by atoms with Crippen molar-refractivity contribution in [2.45, 2.75) is 6.18 Å². The number of alkyl halides is 3. The third-order valence-corrected chi connectivity index (χ3v) is 2.82. The second-order valence-corrected chi connectivity index (χ2v) is 4.32.